The zero-order valence-electron chi connectivity index (χ0n) is 12.1. The van der Waals surface area contributed by atoms with Crippen molar-refractivity contribution < 1.29 is 9.59 Å². The summed E-state index contributed by atoms with van der Waals surface area (Å²) in [5.41, 5.74) is 1.30. The second-order valence-corrected chi connectivity index (χ2v) is 5.07. The number of nitrogens with zero attached hydrogens (tertiary/aromatic N) is 2. The van der Waals surface area contributed by atoms with Crippen molar-refractivity contribution in [3.63, 3.8) is 0 Å². The summed E-state index contributed by atoms with van der Waals surface area (Å²) in [6.45, 7) is 4.93. The molecule has 2 rings (SSSR count). The van der Waals surface area contributed by atoms with Gasteiger partial charge in [0.25, 0.3) is 5.91 Å². The molecule has 1 aromatic heterocycles. The first kappa shape index (κ1) is 14.5. The number of nitrogens with one attached hydrogen (secondary N) is 1. The highest BCUT2D eigenvalue weighted by atomic mass is 16.2. The van der Waals surface area contributed by atoms with Crippen molar-refractivity contribution in [1.29, 1.82) is 0 Å². The van der Waals surface area contributed by atoms with Crippen molar-refractivity contribution in [2.24, 2.45) is 0 Å². The molecular weight excluding hydrogens is 254 g/mol. The summed E-state index contributed by atoms with van der Waals surface area (Å²) >= 11 is 0. The molecule has 1 unspecified atom stereocenters. The van der Waals surface area contributed by atoms with E-state index in [-0.39, 0.29) is 17.7 Å². The van der Waals surface area contributed by atoms with Crippen LogP contribution < -0.4 is 10.2 Å². The van der Waals surface area contributed by atoms with Crippen LogP contribution in [0.4, 0.5) is 5.69 Å². The zero-order chi connectivity index (χ0) is 14.5. The molecule has 1 amide bonds. The van der Waals surface area contributed by atoms with Crippen LogP contribution in [0.1, 0.15) is 43.6 Å². The summed E-state index contributed by atoms with van der Waals surface area (Å²) in [5, 5.41) is 2.74. The van der Waals surface area contributed by atoms with E-state index in [1.54, 1.807) is 19.2 Å². The lowest BCUT2D eigenvalue weighted by Crippen LogP contribution is -2.44. The number of rotatable bonds is 4. The minimum atomic E-state index is -0.175. The van der Waals surface area contributed by atoms with Gasteiger partial charge in [-0.1, -0.05) is 0 Å². The lowest BCUT2D eigenvalue weighted by molar-refractivity contribution is -0.118. The van der Waals surface area contributed by atoms with Crippen LogP contribution >= 0.6 is 0 Å². The third-order valence-electron chi connectivity index (χ3n) is 3.62. The standard InChI is InChI=1S/C15H21N3O2/c1-3-16-15(20)13-10-12(7-8-17-13)18-9-5-4-6-14(18)11(2)19/h7-8,10,14H,3-6,9H2,1-2H3,(H,16,20). The Morgan fingerprint density at radius 2 is 2.25 bits per heavy atom. The van der Waals surface area contributed by atoms with Crippen molar-refractivity contribution in [2.75, 3.05) is 18.0 Å². The molecule has 1 fully saturated rings. The highest BCUT2D eigenvalue weighted by Crippen LogP contribution is 2.25. The number of carbonyl (C=O) groups is 2. The van der Waals surface area contributed by atoms with Crippen molar-refractivity contribution in [1.82, 2.24) is 10.3 Å². The molecule has 1 aromatic rings. The maximum Gasteiger partial charge on any atom is 0.269 e. The third kappa shape index (κ3) is 3.15. The van der Waals surface area contributed by atoms with E-state index in [1.807, 2.05) is 13.0 Å². The Balaban J connectivity index is 2.24. The van der Waals surface area contributed by atoms with Gasteiger partial charge in [-0.05, 0) is 45.2 Å². The van der Waals surface area contributed by atoms with E-state index in [1.165, 1.54) is 0 Å². The van der Waals surface area contributed by atoms with E-state index < -0.39 is 0 Å². The Bertz CT molecular complexity index is 502. The first-order valence-electron chi connectivity index (χ1n) is 7.15. The van der Waals surface area contributed by atoms with Crippen molar-refractivity contribution >= 4 is 17.4 Å². The molecule has 5 heteroatoms. The quantitative estimate of drug-likeness (QED) is 0.910. The van der Waals surface area contributed by atoms with Crippen molar-refractivity contribution in [3.8, 4) is 0 Å². The van der Waals surface area contributed by atoms with Crippen LogP contribution in [0.5, 0.6) is 0 Å². The van der Waals surface area contributed by atoms with E-state index in [0.717, 1.165) is 31.5 Å². The molecule has 5 nitrogen and oxygen atoms in total. The molecule has 1 saturated heterocycles. The minimum Gasteiger partial charge on any atom is -0.361 e. The molecule has 0 aliphatic carbocycles. The Hall–Kier alpha value is -1.91. The number of Topliss-reactive ketones (excluding diaryl/α,β-unsaturated/α-hetero) is 1. The van der Waals surface area contributed by atoms with E-state index in [9.17, 15) is 9.59 Å². The van der Waals surface area contributed by atoms with Gasteiger partial charge in [0.05, 0.1) is 6.04 Å². The lowest BCUT2D eigenvalue weighted by Gasteiger charge is -2.36. The number of hydrogen-bond acceptors (Lipinski definition) is 4. The van der Waals surface area contributed by atoms with Gasteiger partial charge in [0, 0.05) is 25.0 Å². The van der Waals surface area contributed by atoms with Gasteiger partial charge in [-0.15, -0.1) is 0 Å². The second kappa shape index (κ2) is 6.50. The first-order chi connectivity index (χ1) is 9.63. The number of aromatic nitrogens is 1. The summed E-state index contributed by atoms with van der Waals surface area (Å²) in [6, 6.07) is 3.56. The maximum atomic E-state index is 11.8. The van der Waals surface area contributed by atoms with Crippen molar-refractivity contribution in [2.45, 2.75) is 39.2 Å². The summed E-state index contributed by atoms with van der Waals surface area (Å²) in [7, 11) is 0. The van der Waals surface area contributed by atoms with E-state index >= 15 is 0 Å². The molecule has 2 heterocycles. The van der Waals surface area contributed by atoms with Gasteiger partial charge in [0.15, 0.2) is 5.78 Å². The Kier molecular flexibility index (Phi) is 4.71. The molecular formula is C15H21N3O2. The SMILES string of the molecule is CCNC(=O)c1cc(N2CCCCC2C(C)=O)ccn1. The minimum absolute atomic E-state index is 0.0757. The molecule has 0 radical (unpaired) electrons. The van der Waals surface area contributed by atoms with E-state index in [2.05, 4.69) is 15.2 Å². The first-order valence-corrected chi connectivity index (χ1v) is 7.15. The highest BCUT2D eigenvalue weighted by Gasteiger charge is 2.26. The fourth-order valence-corrected chi connectivity index (χ4v) is 2.64. The number of carbonyl (C=O) groups excluding carboxylic acids is 2. The molecule has 0 bridgehead atoms. The molecule has 1 atom stereocenters. The molecule has 108 valence electrons. The highest BCUT2D eigenvalue weighted by molar-refractivity contribution is 5.93. The number of hydrogen-bond donors (Lipinski definition) is 1. The van der Waals surface area contributed by atoms with Crippen molar-refractivity contribution in [3.05, 3.63) is 24.0 Å². The lowest BCUT2D eigenvalue weighted by atomic mass is 9.98. The van der Waals surface area contributed by atoms with Crippen LogP contribution in [-0.4, -0.2) is 35.8 Å². The molecule has 0 spiro atoms. The van der Waals surface area contributed by atoms with E-state index in [4.69, 9.17) is 0 Å². The van der Waals surface area contributed by atoms with Gasteiger partial charge in [0.2, 0.25) is 0 Å². The predicted molar refractivity (Wildman–Crippen MR) is 77.9 cm³/mol. The number of ketones is 1. The van der Waals surface area contributed by atoms with Gasteiger partial charge in [-0.25, -0.2) is 0 Å². The Morgan fingerprint density at radius 3 is 2.95 bits per heavy atom. The fraction of sp³-hybridized carbons (Fsp3) is 0.533. The van der Waals surface area contributed by atoms with Crippen LogP contribution in [0.15, 0.2) is 18.3 Å². The van der Waals surface area contributed by atoms with Crippen LogP contribution in [0.3, 0.4) is 0 Å². The number of amides is 1. The van der Waals surface area contributed by atoms with Crippen LogP contribution in [0.25, 0.3) is 0 Å². The van der Waals surface area contributed by atoms with Crippen LogP contribution in [-0.2, 0) is 4.79 Å². The summed E-state index contributed by atoms with van der Waals surface area (Å²) in [4.78, 5) is 29.8. The maximum absolute atomic E-state index is 11.8. The zero-order valence-corrected chi connectivity index (χ0v) is 12.1. The van der Waals surface area contributed by atoms with Gasteiger partial charge in [-0.3, -0.25) is 14.6 Å². The summed E-state index contributed by atoms with van der Waals surface area (Å²) < 4.78 is 0. The summed E-state index contributed by atoms with van der Waals surface area (Å²) in [6.07, 6.45) is 4.66. The molecule has 1 aliphatic rings. The van der Waals surface area contributed by atoms with Gasteiger partial charge in [-0.2, -0.15) is 0 Å². The smallest absolute Gasteiger partial charge is 0.269 e. The van der Waals surface area contributed by atoms with E-state index in [0.29, 0.717) is 12.2 Å². The third-order valence-corrected chi connectivity index (χ3v) is 3.62. The fourth-order valence-electron chi connectivity index (χ4n) is 2.64. The number of piperidine rings is 1. The molecule has 1 aliphatic heterocycles. The number of pyridine rings is 1. The Morgan fingerprint density at radius 1 is 1.45 bits per heavy atom. The molecule has 0 aromatic carbocycles. The normalized spacial score (nSPS) is 18.7. The topological polar surface area (TPSA) is 62.3 Å². The number of anilines is 1. The Labute approximate surface area is 119 Å². The summed E-state index contributed by atoms with van der Waals surface area (Å²) in [5.74, 6) is 0.00630. The largest absolute Gasteiger partial charge is 0.361 e. The van der Waals surface area contributed by atoms with Crippen LogP contribution in [0.2, 0.25) is 0 Å². The van der Waals surface area contributed by atoms with Gasteiger partial charge < -0.3 is 10.2 Å². The molecule has 20 heavy (non-hydrogen) atoms. The molecule has 1 N–H and O–H groups in total. The average Bonchev–Trinajstić information content (AvgIpc) is 2.47. The predicted octanol–water partition coefficient (Wildman–Crippen LogP) is 1.78. The van der Waals surface area contributed by atoms with Gasteiger partial charge in [0.1, 0.15) is 5.69 Å². The van der Waals surface area contributed by atoms with Crippen LogP contribution in [0, 0.1) is 0 Å². The molecule has 0 saturated carbocycles. The van der Waals surface area contributed by atoms with Gasteiger partial charge >= 0.3 is 0 Å². The monoisotopic (exact) mass is 275 g/mol. The second-order valence-electron chi connectivity index (χ2n) is 5.07. The average molecular weight is 275 g/mol.